The minimum absolute atomic E-state index is 0.239. The molecule has 0 aromatic heterocycles. The van der Waals surface area contributed by atoms with Gasteiger partial charge in [0.2, 0.25) is 0 Å². The summed E-state index contributed by atoms with van der Waals surface area (Å²) >= 11 is 0. The van der Waals surface area contributed by atoms with E-state index in [1.165, 1.54) is 12.8 Å². The summed E-state index contributed by atoms with van der Waals surface area (Å²) in [6, 6.07) is 5.94. The van der Waals surface area contributed by atoms with Gasteiger partial charge in [0.05, 0.1) is 7.11 Å². The molecule has 3 fully saturated rings. The zero-order valence-electron chi connectivity index (χ0n) is 14.5. The molecule has 2 atom stereocenters. The van der Waals surface area contributed by atoms with Crippen molar-refractivity contribution in [2.24, 2.45) is 10.9 Å². The third kappa shape index (κ3) is 2.23. The Bertz CT molecular complexity index is 722. The predicted octanol–water partition coefficient (Wildman–Crippen LogP) is 2.98. The number of carbonyl (C=O) groups excluding carboxylic acids is 1. The Hall–Kier alpha value is -1.68. The number of carbonyl (C=O) groups is 1. The van der Waals surface area contributed by atoms with Crippen LogP contribution in [0.4, 0.5) is 0 Å². The zero-order valence-corrected chi connectivity index (χ0v) is 14.5. The minimum atomic E-state index is -0.965. The molecule has 0 aliphatic heterocycles. The quantitative estimate of drug-likeness (QED) is 0.925. The average Bonchev–Trinajstić information content (AvgIpc) is 3.38. The monoisotopic (exact) mass is 327 g/mol. The van der Waals surface area contributed by atoms with Crippen LogP contribution in [0.25, 0.3) is 0 Å². The molecule has 1 aromatic carbocycles. The molecule has 4 nitrogen and oxygen atoms in total. The number of nitrogens with zero attached hydrogens (tertiary/aromatic N) is 1. The summed E-state index contributed by atoms with van der Waals surface area (Å²) in [5.74, 6) is 1.72. The van der Waals surface area contributed by atoms with Gasteiger partial charge in [0.1, 0.15) is 17.1 Å². The number of hydrogen-bond donors (Lipinski definition) is 1. The molecule has 24 heavy (non-hydrogen) atoms. The fourth-order valence-electron chi connectivity index (χ4n) is 4.47. The smallest absolute Gasteiger partial charge is 0.134 e. The van der Waals surface area contributed by atoms with Gasteiger partial charge in [-0.1, -0.05) is 6.07 Å². The van der Waals surface area contributed by atoms with Crippen LogP contribution in [0, 0.1) is 12.8 Å². The number of aliphatic hydroxyl groups is 1. The Kier molecular flexibility index (Phi) is 3.57. The molecule has 4 heteroatoms. The number of aliphatic imine (C=N–C) groups is 1. The molecule has 0 saturated heterocycles. The number of aryl methyl sites for hydroxylation is 1. The average molecular weight is 327 g/mol. The first-order chi connectivity index (χ1) is 11.5. The molecule has 1 aromatic rings. The van der Waals surface area contributed by atoms with Gasteiger partial charge in [-0.15, -0.1) is 0 Å². The molecular formula is C20H25NO3. The molecule has 0 spiro atoms. The van der Waals surface area contributed by atoms with Gasteiger partial charge in [-0.3, -0.25) is 9.79 Å². The van der Waals surface area contributed by atoms with Gasteiger partial charge in [0, 0.05) is 36.9 Å². The molecule has 3 saturated carbocycles. The Morgan fingerprint density at radius 3 is 2.83 bits per heavy atom. The summed E-state index contributed by atoms with van der Waals surface area (Å²) in [6.45, 7) is 2.88. The van der Waals surface area contributed by atoms with Crippen LogP contribution < -0.4 is 4.74 Å². The molecule has 0 amide bonds. The van der Waals surface area contributed by atoms with Crippen molar-refractivity contribution in [2.75, 3.05) is 13.7 Å². The van der Waals surface area contributed by atoms with Gasteiger partial charge >= 0.3 is 0 Å². The minimum Gasteiger partial charge on any atom is -0.497 e. The highest BCUT2D eigenvalue weighted by atomic mass is 16.5. The molecule has 1 N–H and O–H groups in total. The summed E-state index contributed by atoms with van der Waals surface area (Å²) in [4.78, 5) is 17.0. The van der Waals surface area contributed by atoms with Crippen LogP contribution in [0.2, 0.25) is 0 Å². The first kappa shape index (κ1) is 15.8. The van der Waals surface area contributed by atoms with E-state index in [4.69, 9.17) is 9.73 Å². The summed E-state index contributed by atoms with van der Waals surface area (Å²) in [7, 11) is 1.65. The highest BCUT2D eigenvalue weighted by Gasteiger charge is 2.66. The van der Waals surface area contributed by atoms with Gasteiger partial charge in [-0.05, 0) is 55.4 Å². The fourth-order valence-corrected chi connectivity index (χ4v) is 4.47. The molecule has 4 rings (SSSR count). The maximum atomic E-state index is 12.2. The van der Waals surface area contributed by atoms with Crippen molar-refractivity contribution in [3.8, 4) is 5.75 Å². The third-order valence-electron chi connectivity index (χ3n) is 6.20. The van der Waals surface area contributed by atoms with E-state index in [2.05, 4.69) is 0 Å². The Morgan fingerprint density at radius 1 is 1.33 bits per heavy atom. The number of hydrogen-bond acceptors (Lipinski definition) is 4. The molecule has 3 aliphatic carbocycles. The van der Waals surface area contributed by atoms with Crippen LogP contribution in [0.3, 0.4) is 0 Å². The topological polar surface area (TPSA) is 58.9 Å². The van der Waals surface area contributed by atoms with Gasteiger partial charge in [0.15, 0.2) is 0 Å². The van der Waals surface area contributed by atoms with E-state index >= 15 is 0 Å². The van der Waals surface area contributed by atoms with Crippen LogP contribution >= 0.6 is 0 Å². The number of rotatable bonds is 4. The number of ketones is 1. The van der Waals surface area contributed by atoms with Crippen LogP contribution in [-0.4, -0.2) is 35.9 Å². The van der Waals surface area contributed by atoms with Crippen molar-refractivity contribution in [1.29, 1.82) is 0 Å². The summed E-state index contributed by atoms with van der Waals surface area (Å²) in [5, 5.41) is 11.5. The molecule has 0 radical (unpaired) electrons. The van der Waals surface area contributed by atoms with E-state index in [1.54, 1.807) is 7.11 Å². The lowest BCUT2D eigenvalue weighted by Gasteiger charge is -2.60. The van der Waals surface area contributed by atoms with Crippen LogP contribution in [0.15, 0.2) is 23.2 Å². The fraction of sp³-hybridized carbons (Fsp3) is 0.600. The van der Waals surface area contributed by atoms with Crippen molar-refractivity contribution in [3.05, 3.63) is 29.3 Å². The lowest BCUT2D eigenvalue weighted by Crippen LogP contribution is -2.70. The van der Waals surface area contributed by atoms with Crippen molar-refractivity contribution >= 4 is 11.5 Å². The Labute approximate surface area is 142 Å². The van der Waals surface area contributed by atoms with Crippen molar-refractivity contribution < 1.29 is 14.6 Å². The Balaban J connectivity index is 1.75. The maximum Gasteiger partial charge on any atom is 0.134 e. The molecule has 0 bridgehead atoms. The van der Waals surface area contributed by atoms with E-state index in [1.807, 2.05) is 25.1 Å². The highest BCUT2D eigenvalue weighted by Crippen LogP contribution is 2.58. The standard InChI is InChI=1S/C20H25NO3/c1-13-3-6-16(24-2)9-17(13)19-10-15(22)7-8-20(19,23)18(11-19)21-12-14-4-5-14/h3,6,9,14,23H,4-5,7-8,10-12H2,1-2H3. The third-order valence-corrected chi connectivity index (χ3v) is 6.20. The van der Waals surface area contributed by atoms with Gasteiger partial charge < -0.3 is 9.84 Å². The predicted molar refractivity (Wildman–Crippen MR) is 92.9 cm³/mol. The first-order valence-electron chi connectivity index (χ1n) is 8.91. The first-order valence-corrected chi connectivity index (χ1v) is 8.91. The lowest BCUT2D eigenvalue weighted by atomic mass is 9.46. The second-order valence-corrected chi connectivity index (χ2v) is 7.75. The van der Waals surface area contributed by atoms with E-state index in [-0.39, 0.29) is 5.78 Å². The summed E-state index contributed by atoms with van der Waals surface area (Å²) in [5.41, 5.74) is 1.56. The highest BCUT2D eigenvalue weighted by molar-refractivity contribution is 6.05. The molecule has 2 unspecified atom stereocenters. The summed E-state index contributed by atoms with van der Waals surface area (Å²) < 4.78 is 5.38. The molecule has 0 heterocycles. The largest absolute Gasteiger partial charge is 0.497 e. The van der Waals surface area contributed by atoms with E-state index in [9.17, 15) is 9.90 Å². The number of Topliss-reactive ketones (excluding diaryl/α,β-unsaturated/α-hetero) is 1. The molecule has 128 valence electrons. The van der Waals surface area contributed by atoms with E-state index in [0.717, 1.165) is 29.1 Å². The van der Waals surface area contributed by atoms with Crippen LogP contribution in [0.5, 0.6) is 5.75 Å². The molecular weight excluding hydrogens is 302 g/mol. The second kappa shape index (κ2) is 5.41. The number of ether oxygens (including phenoxy) is 1. The van der Waals surface area contributed by atoms with Crippen molar-refractivity contribution in [1.82, 2.24) is 0 Å². The number of fused-ring (bicyclic) bond motifs is 1. The zero-order chi connectivity index (χ0) is 16.9. The van der Waals surface area contributed by atoms with Gasteiger partial charge in [-0.2, -0.15) is 0 Å². The molecule has 3 aliphatic rings. The normalized spacial score (nSPS) is 34.0. The SMILES string of the molecule is COc1ccc(C)c(C23CC(=O)CCC2(O)C(=NCC2CC2)C3)c1. The lowest BCUT2D eigenvalue weighted by molar-refractivity contribution is -0.131. The summed E-state index contributed by atoms with van der Waals surface area (Å²) in [6.07, 6.45) is 4.55. The number of benzene rings is 1. The number of methoxy groups -OCH3 is 1. The van der Waals surface area contributed by atoms with E-state index in [0.29, 0.717) is 31.6 Å². The second-order valence-electron chi connectivity index (χ2n) is 7.75. The van der Waals surface area contributed by atoms with Crippen molar-refractivity contribution in [3.63, 3.8) is 0 Å². The van der Waals surface area contributed by atoms with Crippen molar-refractivity contribution in [2.45, 2.75) is 56.5 Å². The van der Waals surface area contributed by atoms with Gasteiger partial charge in [0.25, 0.3) is 0 Å². The van der Waals surface area contributed by atoms with Crippen LogP contribution in [0.1, 0.15) is 49.7 Å². The maximum absolute atomic E-state index is 12.2. The van der Waals surface area contributed by atoms with Crippen LogP contribution in [-0.2, 0) is 10.2 Å². The van der Waals surface area contributed by atoms with E-state index < -0.39 is 11.0 Å². The van der Waals surface area contributed by atoms with Gasteiger partial charge in [-0.25, -0.2) is 0 Å². The Morgan fingerprint density at radius 2 is 2.12 bits per heavy atom.